The number of ether oxygens (including phenoxy) is 2. The predicted molar refractivity (Wildman–Crippen MR) is 136 cm³/mol. The van der Waals surface area contributed by atoms with Crippen molar-refractivity contribution in [2.45, 2.75) is 64.1 Å². The highest BCUT2D eigenvalue weighted by atomic mass is 16.6. The number of likely N-dealkylation sites (tertiary alicyclic amines) is 1. The van der Waals surface area contributed by atoms with Crippen LogP contribution in [0.5, 0.6) is 0 Å². The van der Waals surface area contributed by atoms with Crippen LogP contribution in [0.25, 0.3) is 11.0 Å². The number of carbonyl (C=O) groups excluding carboxylic acids is 3. The van der Waals surface area contributed by atoms with Gasteiger partial charge in [0.25, 0.3) is 0 Å². The molecule has 204 valence electrons. The minimum Gasteiger partial charge on any atom is -0.466 e. The Hall–Kier alpha value is -3.31. The summed E-state index contributed by atoms with van der Waals surface area (Å²) in [6.45, 7) is 9.49. The fraction of sp³-hybridized carbons (Fsp3) is 0.593. The highest BCUT2D eigenvalue weighted by Crippen LogP contribution is 2.59. The molecule has 0 saturated carbocycles. The molecular weight excluding hydrogens is 490 g/mol. The highest BCUT2D eigenvalue weighted by Gasteiger charge is 2.75. The second kappa shape index (κ2) is 10.1. The Kier molecular flexibility index (Phi) is 6.99. The maximum atomic E-state index is 14.5. The van der Waals surface area contributed by atoms with Gasteiger partial charge in [0.05, 0.1) is 42.7 Å². The molecule has 3 aliphatic heterocycles. The number of aromatic nitrogens is 3. The number of hydrogen-bond acceptors (Lipinski definition) is 8. The number of rotatable bonds is 10. The van der Waals surface area contributed by atoms with Gasteiger partial charge in [-0.2, -0.15) is 0 Å². The monoisotopic (exact) mass is 525 g/mol. The first-order valence-corrected chi connectivity index (χ1v) is 13.2. The molecule has 3 saturated heterocycles. The minimum absolute atomic E-state index is 0.0842. The lowest BCUT2D eigenvalue weighted by Crippen LogP contribution is -2.59. The first-order chi connectivity index (χ1) is 18.3. The van der Waals surface area contributed by atoms with Crippen LogP contribution in [0.15, 0.2) is 36.9 Å². The summed E-state index contributed by atoms with van der Waals surface area (Å²) < 4.78 is 13.4. The topological polar surface area (TPSA) is 127 Å². The first-order valence-electron chi connectivity index (χ1n) is 13.2. The lowest BCUT2D eigenvalue weighted by Gasteiger charge is -2.40. The van der Waals surface area contributed by atoms with Gasteiger partial charge in [-0.15, -0.1) is 11.7 Å². The van der Waals surface area contributed by atoms with Crippen LogP contribution in [0.4, 0.5) is 0 Å². The van der Waals surface area contributed by atoms with E-state index in [9.17, 15) is 19.5 Å². The van der Waals surface area contributed by atoms with Crippen LogP contribution in [-0.4, -0.2) is 91.2 Å². The van der Waals surface area contributed by atoms with Crippen molar-refractivity contribution in [3.63, 3.8) is 0 Å². The van der Waals surface area contributed by atoms with Crippen molar-refractivity contribution in [1.82, 2.24) is 24.8 Å². The Bertz CT molecular complexity index is 1250. The standard InChI is InChI=1S/C27H35N5O6/c1-5-13-30(15-31-18-10-8-7-9-17(18)28-29-31)25(35)23-27-12-11-20(38-27)21(26(36)37-6-2)22(27)24(34)32(23)19(14-33)16(3)4/h5,7-10,16,19-23,33H,1,6,11-15H2,2-4H3/t19-,20-,21+,22+,23-,27+/m0/s1. The minimum atomic E-state index is -1.18. The zero-order valence-electron chi connectivity index (χ0n) is 22.0. The van der Waals surface area contributed by atoms with Crippen molar-refractivity contribution in [1.29, 1.82) is 0 Å². The molecule has 11 heteroatoms. The van der Waals surface area contributed by atoms with Gasteiger partial charge in [0, 0.05) is 6.54 Å². The van der Waals surface area contributed by atoms with Crippen molar-refractivity contribution in [3.05, 3.63) is 36.9 Å². The Morgan fingerprint density at radius 1 is 1.37 bits per heavy atom. The highest BCUT2D eigenvalue weighted by molar-refractivity contribution is 5.98. The maximum absolute atomic E-state index is 14.5. The number of carbonyl (C=O) groups is 3. The molecule has 1 spiro atoms. The summed E-state index contributed by atoms with van der Waals surface area (Å²) in [7, 11) is 0. The van der Waals surface area contributed by atoms with Crippen molar-refractivity contribution >= 4 is 28.8 Å². The molecule has 1 N–H and O–H groups in total. The molecule has 38 heavy (non-hydrogen) atoms. The zero-order chi connectivity index (χ0) is 27.2. The quantitative estimate of drug-likeness (QED) is 0.364. The van der Waals surface area contributed by atoms with E-state index >= 15 is 0 Å². The van der Waals surface area contributed by atoms with Gasteiger partial charge in [0.1, 0.15) is 23.8 Å². The molecule has 1 aromatic heterocycles. The van der Waals surface area contributed by atoms with E-state index in [0.29, 0.717) is 18.4 Å². The number of aliphatic hydroxyl groups excluding tert-OH is 1. The Morgan fingerprint density at radius 3 is 2.82 bits per heavy atom. The van der Waals surface area contributed by atoms with Crippen molar-refractivity contribution < 1.29 is 29.0 Å². The normalized spacial score (nSPS) is 28.7. The number of amides is 2. The lowest BCUT2D eigenvalue weighted by atomic mass is 9.70. The molecule has 2 amide bonds. The third kappa shape index (κ3) is 3.90. The predicted octanol–water partition coefficient (Wildman–Crippen LogP) is 1.36. The van der Waals surface area contributed by atoms with E-state index in [1.807, 2.05) is 38.1 Å². The van der Waals surface area contributed by atoms with E-state index in [1.165, 1.54) is 4.90 Å². The molecule has 0 aliphatic carbocycles. The number of fused-ring (bicyclic) bond motifs is 2. The van der Waals surface area contributed by atoms with Crippen molar-refractivity contribution in [2.24, 2.45) is 17.8 Å². The zero-order valence-corrected chi connectivity index (χ0v) is 22.0. The summed E-state index contributed by atoms with van der Waals surface area (Å²) in [6.07, 6.45) is 2.14. The largest absolute Gasteiger partial charge is 0.466 e. The van der Waals surface area contributed by atoms with Crippen molar-refractivity contribution in [2.75, 3.05) is 19.8 Å². The van der Waals surface area contributed by atoms with Gasteiger partial charge in [0.2, 0.25) is 11.8 Å². The second-order valence-corrected chi connectivity index (χ2v) is 10.6. The van der Waals surface area contributed by atoms with E-state index in [1.54, 1.807) is 22.6 Å². The summed E-state index contributed by atoms with van der Waals surface area (Å²) in [5.41, 5.74) is 0.285. The second-order valence-electron chi connectivity index (χ2n) is 10.6. The fourth-order valence-electron chi connectivity index (χ4n) is 6.58. The van der Waals surface area contributed by atoms with E-state index in [0.717, 1.165) is 5.52 Å². The molecule has 4 heterocycles. The van der Waals surface area contributed by atoms with Crippen LogP contribution in [-0.2, 0) is 30.5 Å². The van der Waals surface area contributed by atoms with Gasteiger partial charge in [-0.25, -0.2) is 4.68 Å². The van der Waals surface area contributed by atoms with Gasteiger partial charge >= 0.3 is 5.97 Å². The van der Waals surface area contributed by atoms with Crippen LogP contribution in [0.2, 0.25) is 0 Å². The van der Waals surface area contributed by atoms with Gasteiger partial charge < -0.3 is 24.4 Å². The van der Waals surface area contributed by atoms with Crippen molar-refractivity contribution in [3.8, 4) is 0 Å². The Morgan fingerprint density at radius 2 is 2.13 bits per heavy atom. The molecular formula is C27H35N5O6. The molecule has 6 atom stereocenters. The Labute approximate surface area is 221 Å². The average Bonchev–Trinajstić information content (AvgIpc) is 3.64. The third-order valence-electron chi connectivity index (χ3n) is 8.23. The molecule has 3 fully saturated rings. The SMILES string of the molecule is C=CCN(Cn1nnc2ccccc21)C(=O)[C@@H]1N([C@@H](CO)C(C)C)C(=O)[C@H]2[C@H](C(=O)OCC)[C@@H]3CC[C@]12O3. The molecule has 11 nitrogen and oxygen atoms in total. The van der Waals surface area contributed by atoms with Crippen LogP contribution in [0.3, 0.4) is 0 Å². The summed E-state index contributed by atoms with van der Waals surface area (Å²) in [5, 5.41) is 18.8. The third-order valence-corrected chi connectivity index (χ3v) is 8.23. The van der Waals surface area contributed by atoms with Crippen LogP contribution in [0, 0.1) is 17.8 Å². The first kappa shape index (κ1) is 26.3. The molecule has 2 aromatic rings. The van der Waals surface area contributed by atoms with Gasteiger partial charge in [-0.05, 0) is 37.8 Å². The summed E-state index contributed by atoms with van der Waals surface area (Å²) in [5.74, 6) is -2.94. The molecule has 3 aliphatic rings. The van der Waals surface area contributed by atoms with E-state index in [4.69, 9.17) is 9.47 Å². The maximum Gasteiger partial charge on any atom is 0.312 e. The molecule has 0 radical (unpaired) electrons. The van der Waals surface area contributed by atoms with Crippen LogP contribution < -0.4 is 0 Å². The molecule has 5 rings (SSSR count). The van der Waals surface area contributed by atoms with E-state index in [2.05, 4.69) is 16.9 Å². The van der Waals surface area contributed by atoms with Gasteiger partial charge in [-0.1, -0.05) is 37.3 Å². The number of esters is 1. The molecule has 1 aromatic carbocycles. The van der Waals surface area contributed by atoms with Crippen LogP contribution in [0.1, 0.15) is 33.6 Å². The van der Waals surface area contributed by atoms with E-state index < -0.39 is 41.6 Å². The number of benzene rings is 1. The number of hydrogen-bond donors (Lipinski definition) is 1. The summed E-state index contributed by atoms with van der Waals surface area (Å²) in [6, 6.07) is 5.81. The number of para-hydroxylation sites is 1. The Balaban J connectivity index is 1.56. The number of aliphatic hydroxyl groups is 1. The molecule has 0 unspecified atom stereocenters. The van der Waals surface area contributed by atoms with Crippen LogP contribution >= 0.6 is 0 Å². The number of nitrogens with zero attached hydrogens (tertiary/aromatic N) is 5. The van der Waals surface area contributed by atoms with E-state index in [-0.39, 0.29) is 44.2 Å². The lowest BCUT2D eigenvalue weighted by molar-refractivity contribution is -0.157. The summed E-state index contributed by atoms with van der Waals surface area (Å²) >= 11 is 0. The fourth-order valence-corrected chi connectivity index (χ4v) is 6.58. The van der Waals surface area contributed by atoms with Gasteiger partial charge in [0.15, 0.2) is 0 Å². The summed E-state index contributed by atoms with van der Waals surface area (Å²) in [4.78, 5) is 44.6. The van der Waals surface area contributed by atoms with Gasteiger partial charge in [-0.3, -0.25) is 14.4 Å². The smallest absolute Gasteiger partial charge is 0.312 e. The average molecular weight is 526 g/mol. The molecule has 2 bridgehead atoms.